The molecule has 2 aromatic heterocycles. The zero-order valence-corrected chi connectivity index (χ0v) is 15.5. The van der Waals surface area contributed by atoms with E-state index >= 15 is 0 Å². The molecule has 0 spiro atoms. The second kappa shape index (κ2) is 7.54. The number of nitrogens with two attached hydrogens (primary N) is 4. The van der Waals surface area contributed by atoms with Gasteiger partial charge in [-0.3, -0.25) is 4.57 Å². The van der Waals surface area contributed by atoms with E-state index in [1.807, 2.05) is 30.5 Å². The van der Waals surface area contributed by atoms with Crippen molar-refractivity contribution < 1.29 is 0 Å². The molecule has 3 aromatic rings. The van der Waals surface area contributed by atoms with Gasteiger partial charge in [-0.2, -0.15) is 9.97 Å². The molecule has 2 heterocycles. The third-order valence-corrected chi connectivity index (χ3v) is 4.19. The average molecular weight is 370 g/mol. The van der Waals surface area contributed by atoms with Gasteiger partial charge >= 0.3 is 0 Å². The molecule has 10 heteroatoms. The number of hydrogen-bond donors (Lipinski definition) is 6. The van der Waals surface area contributed by atoms with E-state index in [4.69, 9.17) is 22.9 Å². The smallest absolute Gasteiger partial charge is 0.226 e. The number of aryl methyl sites for hydroxylation is 1. The quantitative estimate of drug-likeness (QED) is 0.331. The lowest BCUT2D eigenvalue weighted by Gasteiger charge is -2.11. The Balaban J connectivity index is 1.91. The summed E-state index contributed by atoms with van der Waals surface area (Å²) in [5.41, 5.74) is 27.0. The van der Waals surface area contributed by atoms with E-state index in [0.29, 0.717) is 59.9 Å². The van der Waals surface area contributed by atoms with Crippen LogP contribution in [-0.2, 0) is 13.1 Å². The molecule has 1 aromatic carbocycles. The molecular weight excluding hydrogens is 344 g/mol. The molecule has 0 saturated heterocycles. The number of para-hydroxylation sites is 1. The molecule has 0 radical (unpaired) electrons. The molecule has 1 unspecified atom stereocenters. The fourth-order valence-electron chi connectivity index (χ4n) is 2.75. The van der Waals surface area contributed by atoms with E-state index in [9.17, 15) is 0 Å². The Morgan fingerprint density at radius 3 is 2.59 bits per heavy atom. The number of anilines is 5. The maximum Gasteiger partial charge on any atom is 0.226 e. The topological polar surface area (TPSA) is 172 Å². The second-order valence-corrected chi connectivity index (χ2v) is 6.42. The van der Waals surface area contributed by atoms with Gasteiger partial charge in [0, 0.05) is 25.7 Å². The molecule has 0 amide bonds. The summed E-state index contributed by atoms with van der Waals surface area (Å²) in [6.45, 7) is 5.59. The molecule has 1 atom stereocenters. The lowest BCUT2D eigenvalue weighted by molar-refractivity contribution is 0.767. The molecule has 10 nitrogen and oxygen atoms in total. The molecule has 27 heavy (non-hydrogen) atoms. The highest BCUT2D eigenvalue weighted by molar-refractivity contribution is 5.85. The predicted octanol–water partition coefficient (Wildman–Crippen LogP) is 0.964. The Kier molecular flexibility index (Phi) is 5.17. The fraction of sp³-hybridized carbons (Fsp3) is 0.353. The first kappa shape index (κ1) is 18.5. The van der Waals surface area contributed by atoms with Gasteiger partial charge in [0.2, 0.25) is 11.9 Å². The van der Waals surface area contributed by atoms with Crippen LogP contribution in [0, 0.1) is 0 Å². The standard InChI is InChI=1S/C17H26N10/c1-3-27-15-13(14(21)25-16(26-15)22-7-9(2)18)24-17(27)23-8-10-5-4-6-11(19)12(10)20/h4-6,9H,3,7-8,18-20H2,1-2H3,(H,23,24)(H3,21,22,25,26). The van der Waals surface area contributed by atoms with E-state index in [1.165, 1.54) is 0 Å². The Hall–Kier alpha value is -3.27. The maximum absolute atomic E-state index is 6.09. The largest absolute Gasteiger partial charge is 0.397 e. The molecule has 10 N–H and O–H groups in total. The summed E-state index contributed by atoms with van der Waals surface area (Å²) in [4.78, 5) is 13.4. The first-order chi connectivity index (χ1) is 12.9. The average Bonchev–Trinajstić information content (AvgIpc) is 2.99. The molecule has 3 rings (SSSR count). The van der Waals surface area contributed by atoms with Crippen LogP contribution < -0.4 is 33.6 Å². The Bertz CT molecular complexity index is 947. The Labute approximate surface area is 157 Å². The zero-order valence-electron chi connectivity index (χ0n) is 15.5. The number of rotatable bonds is 7. The van der Waals surface area contributed by atoms with Gasteiger partial charge < -0.3 is 33.6 Å². The van der Waals surface area contributed by atoms with Crippen molar-refractivity contribution in [1.29, 1.82) is 0 Å². The maximum atomic E-state index is 6.09. The normalized spacial score (nSPS) is 12.3. The Morgan fingerprint density at radius 1 is 1.11 bits per heavy atom. The number of hydrogen-bond acceptors (Lipinski definition) is 9. The molecule has 144 valence electrons. The molecule has 0 saturated carbocycles. The second-order valence-electron chi connectivity index (χ2n) is 6.42. The third-order valence-electron chi connectivity index (χ3n) is 4.19. The van der Waals surface area contributed by atoms with E-state index in [-0.39, 0.29) is 6.04 Å². The first-order valence-electron chi connectivity index (χ1n) is 8.80. The van der Waals surface area contributed by atoms with E-state index in [2.05, 4.69) is 25.6 Å². The number of benzene rings is 1. The van der Waals surface area contributed by atoms with Crippen LogP contribution in [0.2, 0.25) is 0 Å². The summed E-state index contributed by atoms with van der Waals surface area (Å²) in [6, 6.07) is 5.53. The van der Waals surface area contributed by atoms with Crippen molar-refractivity contribution in [2.24, 2.45) is 5.73 Å². The molecule has 0 aliphatic rings. The predicted molar refractivity (Wildman–Crippen MR) is 110 cm³/mol. The summed E-state index contributed by atoms with van der Waals surface area (Å²) in [5.74, 6) is 1.38. The summed E-state index contributed by atoms with van der Waals surface area (Å²) < 4.78 is 1.94. The van der Waals surface area contributed by atoms with Crippen molar-refractivity contribution in [2.75, 3.05) is 34.4 Å². The van der Waals surface area contributed by atoms with Crippen LogP contribution in [-0.4, -0.2) is 32.1 Å². The van der Waals surface area contributed by atoms with Gasteiger partial charge in [0.05, 0.1) is 11.4 Å². The van der Waals surface area contributed by atoms with Crippen LogP contribution >= 0.6 is 0 Å². The Morgan fingerprint density at radius 2 is 1.89 bits per heavy atom. The van der Waals surface area contributed by atoms with Gasteiger partial charge in [0.1, 0.15) is 0 Å². The van der Waals surface area contributed by atoms with Gasteiger partial charge in [-0.25, -0.2) is 4.98 Å². The number of nitrogens with one attached hydrogen (secondary N) is 2. The molecular formula is C17H26N10. The number of aromatic nitrogens is 4. The van der Waals surface area contributed by atoms with Crippen molar-refractivity contribution in [3.63, 3.8) is 0 Å². The fourth-order valence-corrected chi connectivity index (χ4v) is 2.75. The van der Waals surface area contributed by atoms with Gasteiger partial charge in [0.25, 0.3) is 0 Å². The van der Waals surface area contributed by atoms with Crippen LogP contribution in [0.25, 0.3) is 11.2 Å². The minimum Gasteiger partial charge on any atom is -0.397 e. The summed E-state index contributed by atoms with van der Waals surface area (Å²) >= 11 is 0. The van der Waals surface area contributed by atoms with Gasteiger partial charge in [-0.1, -0.05) is 12.1 Å². The lowest BCUT2D eigenvalue weighted by Crippen LogP contribution is -2.26. The van der Waals surface area contributed by atoms with Crippen molar-refractivity contribution in [1.82, 2.24) is 19.5 Å². The summed E-state index contributed by atoms with van der Waals surface area (Å²) in [6.07, 6.45) is 0. The highest BCUT2D eigenvalue weighted by Crippen LogP contribution is 2.25. The van der Waals surface area contributed by atoms with Crippen molar-refractivity contribution in [3.05, 3.63) is 23.8 Å². The van der Waals surface area contributed by atoms with Crippen LogP contribution in [0.1, 0.15) is 19.4 Å². The van der Waals surface area contributed by atoms with E-state index < -0.39 is 0 Å². The third kappa shape index (κ3) is 3.80. The lowest BCUT2D eigenvalue weighted by atomic mass is 10.1. The molecule has 0 aliphatic carbocycles. The SMILES string of the molecule is CCn1c(NCc2cccc(N)c2N)nc2c(N)nc(NCC(C)N)nc21. The summed E-state index contributed by atoms with van der Waals surface area (Å²) in [7, 11) is 0. The number of imidazole rings is 1. The van der Waals surface area contributed by atoms with Crippen molar-refractivity contribution >= 4 is 40.3 Å². The van der Waals surface area contributed by atoms with Crippen LogP contribution in [0.5, 0.6) is 0 Å². The molecule has 0 bridgehead atoms. The molecule has 0 fully saturated rings. The highest BCUT2D eigenvalue weighted by atomic mass is 15.3. The number of nitrogen functional groups attached to an aromatic ring is 3. The van der Waals surface area contributed by atoms with Gasteiger partial charge in [-0.05, 0) is 25.5 Å². The van der Waals surface area contributed by atoms with Gasteiger partial charge in [0.15, 0.2) is 17.0 Å². The number of fused-ring (bicyclic) bond motifs is 1. The zero-order chi connectivity index (χ0) is 19.6. The summed E-state index contributed by atoms with van der Waals surface area (Å²) in [5, 5.41) is 6.38. The highest BCUT2D eigenvalue weighted by Gasteiger charge is 2.16. The van der Waals surface area contributed by atoms with Crippen molar-refractivity contribution in [2.45, 2.75) is 33.0 Å². The monoisotopic (exact) mass is 370 g/mol. The van der Waals surface area contributed by atoms with Gasteiger partial charge in [-0.15, -0.1) is 0 Å². The number of nitrogens with zero attached hydrogens (tertiary/aromatic N) is 4. The minimum absolute atomic E-state index is 0.0254. The van der Waals surface area contributed by atoms with Crippen molar-refractivity contribution in [3.8, 4) is 0 Å². The van der Waals surface area contributed by atoms with E-state index in [1.54, 1.807) is 6.07 Å². The van der Waals surface area contributed by atoms with Crippen LogP contribution in [0.4, 0.5) is 29.1 Å². The van der Waals surface area contributed by atoms with Crippen LogP contribution in [0.15, 0.2) is 18.2 Å². The first-order valence-corrected chi connectivity index (χ1v) is 8.80. The van der Waals surface area contributed by atoms with Crippen LogP contribution in [0.3, 0.4) is 0 Å². The van der Waals surface area contributed by atoms with E-state index in [0.717, 1.165) is 5.56 Å². The molecule has 0 aliphatic heterocycles. The minimum atomic E-state index is -0.0254.